The number of rotatable bonds is 2. The molecule has 0 amide bonds. The maximum atomic E-state index is 14.1. The van der Waals surface area contributed by atoms with Gasteiger partial charge in [0.05, 0.1) is 10.7 Å². The molecule has 3 aromatic rings. The summed E-state index contributed by atoms with van der Waals surface area (Å²) in [5.74, 6) is -0.0954. The molecule has 0 fully saturated rings. The highest BCUT2D eigenvalue weighted by Crippen LogP contribution is 2.33. The van der Waals surface area contributed by atoms with Gasteiger partial charge in [-0.2, -0.15) is 5.10 Å². The van der Waals surface area contributed by atoms with E-state index in [4.69, 9.17) is 17.3 Å². The normalized spacial score (nSPS) is 10.8. The molecule has 0 aliphatic carbocycles. The third-order valence-electron chi connectivity index (χ3n) is 3.31. The largest absolute Gasteiger partial charge is 0.383 e. The van der Waals surface area contributed by atoms with Crippen molar-refractivity contribution < 1.29 is 4.39 Å². The van der Waals surface area contributed by atoms with Gasteiger partial charge in [0, 0.05) is 5.56 Å². The number of benzene rings is 2. The first-order chi connectivity index (χ1) is 10.1. The van der Waals surface area contributed by atoms with Crippen LogP contribution in [0.5, 0.6) is 0 Å². The van der Waals surface area contributed by atoms with Crippen molar-refractivity contribution in [2.45, 2.75) is 6.92 Å². The van der Waals surface area contributed by atoms with Gasteiger partial charge in [-0.25, -0.2) is 9.07 Å². The molecular weight excluding hydrogens is 289 g/mol. The third-order valence-corrected chi connectivity index (χ3v) is 3.61. The van der Waals surface area contributed by atoms with Gasteiger partial charge in [0.25, 0.3) is 0 Å². The van der Waals surface area contributed by atoms with Crippen LogP contribution in [0.15, 0.2) is 48.5 Å². The van der Waals surface area contributed by atoms with Crippen LogP contribution in [-0.2, 0) is 0 Å². The van der Waals surface area contributed by atoms with E-state index in [1.165, 1.54) is 10.7 Å². The van der Waals surface area contributed by atoms with Gasteiger partial charge in [0.1, 0.15) is 17.3 Å². The van der Waals surface area contributed by atoms with Crippen molar-refractivity contribution in [2.75, 3.05) is 5.73 Å². The number of anilines is 1. The van der Waals surface area contributed by atoms with Crippen molar-refractivity contribution >= 4 is 17.4 Å². The first-order valence-electron chi connectivity index (χ1n) is 6.44. The number of aromatic nitrogens is 2. The molecule has 0 atom stereocenters. The second-order valence-electron chi connectivity index (χ2n) is 4.69. The van der Waals surface area contributed by atoms with E-state index < -0.39 is 5.82 Å². The van der Waals surface area contributed by atoms with E-state index >= 15 is 0 Å². The molecule has 2 N–H and O–H groups in total. The number of nitrogens with two attached hydrogens (primary N) is 1. The smallest absolute Gasteiger partial charge is 0.150 e. The Morgan fingerprint density at radius 3 is 2.48 bits per heavy atom. The molecule has 1 heterocycles. The fraction of sp³-hybridized carbons (Fsp3) is 0.0625. The summed E-state index contributed by atoms with van der Waals surface area (Å²) < 4.78 is 15.4. The van der Waals surface area contributed by atoms with E-state index in [0.29, 0.717) is 5.82 Å². The first-order valence-corrected chi connectivity index (χ1v) is 6.82. The molecule has 3 rings (SSSR count). The Balaban J connectivity index is 2.24. The fourth-order valence-corrected chi connectivity index (χ4v) is 2.61. The highest BCUT2D eigenvalue weighted by molar-refractivity contribution is 6.32. The van der Waals surface area contributed by atoms with Crippen LogP contribution in [0, 0.1) is 12.7 Å². The van der Waals surface area contributed by atoms with Gasteiger partial charge in [-0.15, -0.1) is 0 Å². The lowest BCUT2D eigenvalue weighted by Gasteiger charge is -2.08. The Hall–Kier alpha value is -2.33. The van der Waals surface area contributed by atoms with Crippen molar-refractivity contribution in [3.63, 3.8) is 0 Å². The Labute approximate surface area is 126 Å². The minimum absolute atomic E-state index is 0.168. The molecule has 0 aliphatic rings. The van der Waals surface area contributed by atoms with Gasteiger partial charge in [0.15, 0.2) is 0 Å². The van der Waals surface area contributed by atoms with E-state index in [0.717, 1.165) is 16.8 Å². The van der Waals surface area contributed by atoms with Gasteiger partial charge >= 0.3 is 0 Å². The van der Waals surface area contributed by atoms with Crippen LogP contribution in [0.2, 0.25) is 5.02 Å². The number of halogens is 2. The molecule has 0 bridgehead atoms. The summed E-state index contributed by atoms with van der Waals surface area (Å²) in [4.78, 5) is 0. The lowest BCUT2D eigenvalue weighted by molar-refractivity contribution is 0.611. The van der Waals surface area contributed by atoms with E-state index in [1.54, 1.807) is 12.1 Å². The van der Waals surface area contributed by atoms with Crippen LogP contribution in [0.25, 0.3) is 16.8 Å². The lowest BCUT2D eigenvalue weighted by atomic mass is 10.1. The van der Waals surface area contributed by atoms with Gasteiger partial charge in [-0.1, -0.05) is 48.0 Å². The van der Waals surface area contributed by atoms with Crippen molar-refractivity contribution in [3.05, 3.63) is 65.1 Å². The molecule has 0 spiro atoms. The van der Waals surface area contributed by atoms with E-state index in [-0.39, 0.29) is 10.7 Å². The van der Waals surface area contributed by atoms with E-state index in [9.17, 15) is 4.39 Å². The van der Waals surface area contributed by atoms with Crippen LogP contribution in [0.1, 0.15) is 5.69 Å². The van der Waals surface area contributed by atoms with Gasteiger partial charge < -0.3 is 5.73 Å². The third kappa shape index (κ3) is 2.28. The Bertz CT molecular complexity index is 777. The summed E-state index contributed by atoms with van der Waals surface area (Å²) in [6.45, 7) is 1.84. The van der Waals surface area contributed by atoms with Crippen molar-refractivity contribution in [1.29, 1.82) is 0 Å². The number of hydrogen-bond acceptors (Lipinski definition) is 2. The molecule has 106 valence electrons. The summed E-state index contributed by atoms with van der Waals surface area (Å²) in [5, 5.41) is 4.61. The predicted molar refractivity (Wildman–Crippen MR) is 83.1 cm³/mol. The number of hydrogen-bond donors (Lipinski definition) is 1. The molecule has 3 nitrogen and oxygen atoms in total. The number of nitrogen functional groups attached to an aromatic ring is 1. The zero-order valence-electron chi connectivity index (χ0n) is 11.3. The van der Waals surface area contributed by atoms with Crippen LogP contribution in [0.4, 0.5) is 10.2 Å². The summed E-state index contributed by atoms with van der Waals surface area (Å²) in [5.41, 5.74) is 8.79. The number of para-hydroxylation sites is 1. The van der Waals surface area contributed by atoms with Crippen molar-refractivity contribution in [3.8, 4) is 16.8 Å². The monoisotopic (exact) mass is 301 g/mol. The summed E-state index contributed by atoms with van der Waals surface area (Å²) in [7, 11) is 0. The summed E-state index contributed by atoms with van der Waals surface area (Å²) in [6.07, 6.45) is 0. The van der Waals surface area contributed by atoms with Gasteiger partial charge in [-0.05, 0) is 24.6 Å². The second-order valence-corrected chi connectivity index (χ2v) is 5.10. The molecular formula is C16H13ClFN3. The summed E-state index contributed by atoms with van der Waals surface area (Å²) >= 11 is 6.09. The number of nitrogens with zero attached hydrogens (tertiary/aromatic N) is 2. The molecule has 21 heavy (non-hydrogen) atoms. The molecule has 0 aliphatic heterocycles. The Morgan fingerprint density at radius 2 is 1.81 bits per heavy atom. The SMILES string of the molecule is Cc1nn(-c2c(F)cccc2Cl)c(N)c1-c1ccccc1. The molecule has 0 saturated carbocycles. The standard InChI is InChI=1S/C16H13ClFN3/c1-10-14(11-6-3-2-4-7-11)16(19)21(20-10)15-12(17)8-5-9-13(15)18/h2-9H,19H2,1H3. The average Bonchev–Trinajstić information content (AvgIpc) is 2.75. The highest BCUT2D eigenvalue weighted by Gasteiger charge is 2.19. The van der Waals surface area contributed by atoms with Crippen molar-refractivity contribution in [1.82, 2.24) is 9.78 Å². The second kappa shape index (κ2) is 5.22. The van der Waals surface area contributed by atoms with Crippen LogP contribution < -0.4 is 5.73 Å². The van der Waals surface area contributed by atoms with Crippen molar-refractivity contribution in [2.24, 2.45) is 0 Å². The molecule has 0 unspecified atom stereocenters. The molecule has 5 heteroatoms. The molecule has 1 aromatic heterocycles. The zero-order chi connectivity index (χ0) is 15.0. The Morgan fingerprint density at radius 1 is 1.10 bits per heavy atom. The van der Waals surface area contributed by atoms with Crippen LogP contribution in [0.3, 0.4) is 0 Å². The van der Waals surface area contributed by atoms with E-state index in [2.05, 4.69) is 5.10 Å². The number of aryl methyl sites for hydroxylation is 1. The van der Waals surface area contributed by atoms with E-state index in [1.807, 2.05) is 37.3 Å². The Kier molecular flexibility index (Phi) is 3.39. The minimum atomic E-state index is -0.462. The topological polar surface area (TPSA) is 43.8 Å². The van der Waals surface area contributed by atoms with Crippen LogP contribution in [-0.4, -0.2) is 9.78 Å². The highest BCUT2D eigenvalue weighted by atomic mass is 35.5. The molecule has 0 radical (unpaired) electrons. The quantitative estimate of drug-likeness (QED) is 0.770. The maximum Gasteiger partial charge on any atom is 0.150 e. The minimum Gasteiger partial charge on any atom is -0.383 e. The molecule has 0 saturated heterocycles. The molecule has 2 aromatic carbocycles. The average molecular weight is 302 g/mol. The zero-order valence-corrected chi connectivity index (χ0v) is 12.1. The first kappa shape index (κ1) is 13.6. The maximum absolute atomic E-state index is 14.1. The predicted octanol–water partition coefficient (Wildman–Crippen LogP) is 4.22. The lowest BCUT2D eigenvalue weighted by Crippen LogP contribution is -2.05. The van der Waals surface area contributed by atoms with Crippen LogP contribution >= 0.6 is 11.6 Å². The summed E-state index contributed by atoms with van der Waals surface area (Å²) in [6, 6.07) is 14.1. The van der Waals surface area contributed by atoms with Gasteiger partial charge in [-0.3, -0.25) is 0 Å². The fourth-order valence-electron chi connectivity index (χ4n) is 2.37. The van der Waals surface area contributed by atoms with Gasteiger partial charge in [0.2, 0.25) is 0 Å².